The molecule has 6 nitrogen and oxygen atoms in total. The van der Waals surface area contributed by atoms with E-state index >= 15 is 0 Å². The second-order valence-corrected chi connectivity index (χ2v) is 6.57. The van der Waals surface area contributed by atoms with E-state index in [1.54, 1.807) is 31.7 Å². The van der Waals surface area contributed by atoms with Crippen molar-refractivity contribution in [3.8, 4) is 22.3 Å². The van der Waals surface area contributed by atoms with E-state index in [1.807, 2.05) is 42.5 Å². The first-order valence-electron chi connectivity index (χ1n) is 9.22. The van der Waals surface area contributed by atoms with Gasteiger partial charge in [-0.1, -0.05) is 18.7 Å². The molecule has 0 aliphatic rings. The van der Waals surface area contributed by atoms with E-state index in [1.165, 1.54) is 0 Å². The van der Waals surface area contributed by atoms with Crippen LogP contribution in [0.4, 0.5) is 0 Å². The van der Waals surface area contributed by atoms with Gasteiger partial charge in [0, 0.05) is 60.1 Å². The Morgan fingerprint density at radius 3 is 1.90 bits per heavy atom. The molecular weight excluding hydrogens is 364 g/mol. The topological polar surface area (TPSA) is 84.0 Å². The number of nitrogens with zero attached hydrogens (tertiary/aromatic N) is 2. The van der Waals surface area contributed by atoms with Gasteiger partial charge in [0.15, 0.2) is 0 Å². The standard InChI is InChI=1S/C23H22N4O2/c1-16(2)22(28)26-9-10-27-23(29)21-12-19(17-5-3-7-24-14-17)11-20(13-21)18-6-4-8-25-15-18/h3-8,11-15H,1,9-10H2,2H3,(H,26,28)(H,27,29). The predicted molar refractivity (Wildman–Crippen MR) is 113 cm³/mol. The number of nitrogens with one attached hydrogen (secondary N) is 2. The molecule has 0 saturated carbocycles. The van der Waals surface area contributed by atoms with E-state index in [2.05, 4.69) is 27.2 Å². The number of carbonyl (C=O) groups is 2. The highest BCUT2D eigenvalue weighted by Crippen LogP contribution is 2.27. The Hall–Kier alpha value is -3.80. The fourth-order valence-corrected chi connectivity index (χ4v) is 2.76. The van der Waals surface area contributed by atoms with Crippen molar-refractivity contribution < 1.29 is 9.59 Å². The number of benzene rings is 1. The van der Waals surface area contributed by atoms with Crippen LogP contribution in [0.3, 0.4) is 0 Å². The smallest absolute Gasteiger partial charge is 0.251 e. The van der Waals surface area contributed by atoms with Gasteiger partial charge in [-0.15, -0.1) is 0 Å². The molecule has 0 fully saturated rings. The number of aromatic nitrogens is 2. The number of rotatable bonds is 7. The SMILES string of the molecule is C=C(C)C(=O)NCCNC(=O)c1cc(-c2cccnc2)cc(-c2cccnc2)c1. The summed E-state index contributed by atoms with van der Waals surface area (Å²) in [5.74, 6) is -0.442. The monoisotopic (exact) mass is 386 g/mol. The third-order valence-electron chi connectivity index (χ3n) is 4.27. The summed E-state index contributed by atoms with van der Waals surface area (Å²) in [6.45, 7) is 5.87. The molecule has 1 aromatic carbocycles. The van der Waals surface area contributed by atoms with Crippen LogP contribution < -0.4 is 10.6 Å². The van der Waals surface area contributed by atoms with Crippen molar-refractivity contribution in [3.63, 3.8) is 0 Å². The number of carbonyl (C=O) groups excluding carboxylic acids is 2. The van der Waals surface area contributed by atoms with Crippen LogP contribution in [0.5, 0.6) is 0 Å². The molecule has 2 heterocycles. The van der Waals surface area contributed by atoms with E-state index in [0.717, 1.165) is 22.3 Å². The van der Waals surface area contributed by atoms with Crippen molar-refractivity contribution in [2.75, 3.05) is 13.1 Å². The van der Waals surface area contributed by atoms with Crippen molar-refractivity contribution in [3.05, 3.63) is 85.0 Å². The Bertz CT molecular complexity index is 960. The molecule has 0 radical (unpaired) electrons. The number of hydrogen-bond acceptors (Lipinski definition) is 4. The zero-order valence-electron chi connectivity index (χ0n) is 16.2. The number of amides is 2. The summed E-state index contributed by atoms with van der Waals surface area (Å²) in [6, 6.07) is 13.3. The Morgan fingerprint density at radius 1 is 0.862 bits per heavy atom. The molecule has 146 valence electrons. The molecule has 3 rings (SSSR count). The summed E-state index contributed by atoms with van der Waals surface area (Å²) < 4.78 is 0. The normalized spacial score (nSPS) is 10.2. The Balaban J connectivity index is 1.82. The maximum absolute atomic E-state index is 12.7. The first-order chi connectivity index (χ1) is 14.0. The highest BCUT2D eigenvalue weighted by molar-refractivity contribution is 5.97. The van der Waals surface area contributed by atoms with Crippen molar-refractivity contribution in [2.45, 2.75) is 6.92 Å². The molecule has 2 aromatic heterocycles. The van der Waals surface area contributed by atoms with Gasteiger partial charge in [-0.25, -0.2) is 0 Å². The van der Waals surface area contributed by atoms with Crippen LogP contribution in [0.25, 0.3) is 22.3 Å². The van der Waals surface area contributed by atoms with E-state index in [9.17, 15) is 9.59 Å². The van der Waals surface area contributed by atoms with Crippen LogP contribution in [0, 0.1) is 0 Å². The van der Waals surface area contributed by atoms with Crippen LogP contribution >= 0.6 is 0 Å². The Kier molecular flexibility index (Phi) is 6.47. The summed E-state index contributed by atoms with van der Waals surface area (Å²) in [4.78, 5) is 32.6. The first-order valence-corrected chi connectivity index (χ1v) is 9.22. The minimum Gasteiger partial charge on any atom is -0.351 e. The lowest BCUT2D eigenvalue weighted by atomic mass is 9.97. The fourth-order valence-electron chi connectivity index (χ4n) is 2.76. The van der Waals surface area contributed by atoms with Gasteiger partial charge < -0.3 is 10.6 Å². The maximum atomic E-state index is 12.7. The average molecular weight is 386 g/mol. The molecule has 0 bridgehead atoms. The molecule has 3 aromatic rings. The maximum Gasteiger partial charge on any atom is 0.251 e. The predicted octanol–water partition coefficient (Wildman–Crippen LogP) is 3.23. The highest BCUT2D eigenvalue weighted by atomic mass is 16.2. The molecule has 0 atom stereocenters. The van der Waals surface area contributed by atoms with E-state index in [4.69, 9.17) is 0 Å². The summed E-state index contributed by atoms with van der Waals surface area (Å²) in [5, 5.41) is 5.53. The van der Waals surface area contributed by atoms with Gasteiger partial charge in [-0.3, -0.25) is 19.6 Å². The molecule has 0 unspecified atom stereocenters. The lowest BCUT2D eigenvalue weighted by Crippen LogP contribution is -2.34. The first kappa shape index (κ1) is 19.9. The van der Waals surface area contributed by atoms with Crippen molar-refractivity contribution in [1.82, 2.24) is 20.6 Å². The van der Waals surface area contributed by atoms with Crippen molar-refractivity contribution in [2.24, 2.45) is 0 Å². The second-order valence-electron chi connectivity index (χ2n) is 6.57. The Labute approximate surface area is 169 Å². The van der Waals surface area contributed by atoms with Crippen LogP contribution in [-0.4, -0.2) is 34.9 Å². The average Bonchev–Trinajstić information content (AvgIpc) is 2.77. The molecule has 2 amide bonds. The molecule has 0 aliphatic heterocycles. The summed E-state index contributed by atoms with van der Waals surface area (Å²) >= 11 is 0. The molecule has 29 heavy (non-hydrogen) atoms. The molecule has 0 spiro atoms. The van der Waals surface area contributed by atoms with Crippen LogP contribution in [0.2, 0.25) is 0 Å². The van der Waals surface area contributed by atoms with Gasteiger partial charge in [0.1, 0.15) is 0 Å². The molecular formula is C23H22N4O2. The second kappa shape index (κ2) is 9.41. The van der Waals surface area contributed by atoms with Gasteiger partial charge in [0.2, 0.25) is 5.91 Å². The largest absolute Gasteiger partial charge is 0.351 e. The van der Waals surface area contributed by atoms with Gasteiger partial charge in [0.05, 0.1) is 0 Å². The lowest BCUT2D eigenvalue weighted by Gasteiger charge is -2.11. The number of pyridine rings is 2. The van der Waals surface area contributed by atoms with E-state index < -0.39 is 0 Å². The van der Waals surface area contributed by atoms with Crippen LogP contribution in [-0.2, 0) is 4.79 Å². The fraction of sp³-hybridized carbons (Fsp3) is 0.130. The zero-order valence-corrected chi connectivity index (χ0v) is 16.2. The van der Waals surface area contributed by atoms with Gasteiger partial charge in [-0.2, -0.15) is 0 Å². The Morgan fingerprint density at radius 2 is 1.41 bits per heavy atom. The van der Waals surface area contributed by atoms with E-state index in [0.29, 0.717) is 24.2 Å². The molecule has 6 heteroatoms. The van der Waals surface area contributed by atoms with Crippen LogP contribution in [0.15, 0.2) is 79.4 Å². The van der Waals surface area contributed by atoms with Gasteiger partial charge in [-0.05, 0) is 48.4 Å². The van der Waals surface area contributed by atoms with Crippen molar-refractivity contribution in [1.29, 1.82) is 0 Å². The summed E-state index contributed by atoms with van der Waals surface area (Å²) in [6.07, 6.45) is 6.94. The summed E-state index contributed by atoms with van der Waals surface area (Å²) in [5.41, 5.74) is 4.57. The minimum atomic E-state index is -0.225. The highest BCUT2D eigenvalue weighted by Gasteiger charge is 2.11. The number of hydrogen-bond donors (Lipinski definition) is 2. The minimum absolute atomic E-state index is 0.217. The van der Waals surface area contributed by atoms with Gasteiger partial charge >= 0.3 is 0 Å². The summed E-state index contributed by atoms with van der Waals surface area (Å²) in [7, 11) is 0. The quantitative estimate of drug-likeness (QED) is 0.482. The molecule has 0 saturated heterocycles. The third-order valence-corrected chi connectivity index (χ3v) is 4.27. The molecule has 0 aliphatic carbocycles. The third kappa shape index (κ3) is 5.35. The van der Waals surface area contributed by atoms with E-state index in [-0.39, 0.29) is 11.8 Å². The van der Waals surface area contributed by atoms with Crippen LogP contribution in [0.1, 0.15) is 17.3 Å². The van der Waals surface area contributed by atoms with Crippen molar-refractivity contribution >= 4 is 11.8 Å². The van der Waals surface area contributed by atoms with Gasteiger partial charge in [0.25, 0.3) is 5.91 Å². The lowest BCUT2D eigenvalue weighted by molar-refractivity contribution is -0.117. The zero-order chi connectivity index (χ0) is 20.6. The molecule has 2 N–H and O–H groups in total.